The summed E-state index contributed by atoms with van der Waals surface area (Å²) in [5, 5.41) is 23.7. The van der Waals surface area contributed by atoms with Gasteiger partial charge in [0.2, 0.25) is 5.91 Å². The number of nitrogens with one attached hydrogen (secondary N) is 1. The van der Waals surface area contributed by atoms with Gasteiger partial charge in [0.15, 0.2) is 0 Å². The molecule has 0 radical (unpaired) electrons. The minimum atomic E-state index is -0.839. The molecule has 0 heterocycles. The van der Waals surface area contributed by atoms with Gasteiger partial charge in [0.05, 0.1) is 25.2 Å². The highest BCUT2D eigenvalue weighted by Gasteiger charge is 2.23. The molecule has 0 aliphatic heterocycles. The molecular weight excluding hydrogens is 803 g/mol. The van der Waals surface area contributed by atoms with Gasteiger partial charge in [0, 0.05) is 12.8 Å². The molecule has 1 amide bonds. The summed E-state index contributed by atoms with van der Waals surface area (Å²) in [5.41, 5.74) is 0. The van der Waals surface area contributed by atoms with Crippen molar-refractivity contribution in [2.45, 2.75) is 219 Å². The van der Waals surface area contributed by atoms with Crippen LogP contribution in [0.15, 0.2) is 134 Å². The van der Waals surface area contributed by atoms with E-state index in [9.17, 15) is 19.8 Å². The number of ether oxygens (including phenoxy) is 1. The summed E-state index contributed by atoms with van der Waals surface area (Å²) in [6.45, 7) is 6.16. The quantitative estimate of drug-likeness (QED) is 0.0245. The molecule has 0 rings (SSSR count). The van der Waals surface area contributed by atoms with E-state index in [2.05, 4.69) is 92.9 Å². The number of amides is 1. The van der Waals surface area contributed by atoms with Gasteiger partial charge in [-0.2, -0.15) is 0 Å². The lowest BCUT2D eigenvalue weighted by molar-refractivity contribution is -0.150. The molecule has 0 fully saturated rings. The monoisotopic (exact) mass is 898 g/mol. The van der Waals surface area contributed by atoms with Gasteiger partial charge < -0.3 is 20.3 Å². The first kappa shape index (κ1) is 61.0. The van der Waals surface area contributed by atoms with E-state index in [1.165, 1.54) is 83.5 Å². The maximum absolute atomic E-state index is 13.2. The lowest BCUT2D eigenvalue weighted by Crippen LogP contribution is -2.46. The molecule has 0 aromatic rings. The van der Waals surface area contributed by atoms with Crippen molar-refractivity contribution < 1.29 is 24.5 Å². The van der Waals surface area contributed by atoms with Gasteiger partial charge in [-0.15, -0.1) is 0 Å². The van der Waals surface area contributed by atoms with Crippen LogP contribution in [-0.4, -0.2) is 46.9 Å². The molecule has 0 aromatic heterocycles. The number of carbonyl (C=O) groups is 2. The summed E-state index contributed by atoms with van der Waals surface area (Å²) in [7, 11) is 0. The zero-order valence-electron chi connectivity index (χ0n) is 41.6. The minimum absolute atomic E-state index is 0.0576. The third kappa shape index (κ3) is 46.3. The van der Waals surface area contributed by atoms with Gasteiger partial charge in [0.1, 0.15) is 6.10 Å². The fourth-order valence-corrected chi connectivity index (χ4v) is 7.01. The fourth-order valence-electron chi connectivity index (χ4n) is 7.01. The second-order valence-corrected chi connectivity index (χ2v) is 16.9. The first-order valence-corrected chi connectivity index (χ1v) is 26.0. The van der Waals surface area contributed by atoms with E-state index in [1.54, 1.807) is 0 Å². The summed E-state index contributed by atoms with van der Waals surface area (Å²) in [5.74, 6) is -0.721. The zero-order valence-corrected chi connectivity index (χ0v) is 41.6. The van der Waals surface area contributed by atoms with E-state index in [0.29, 0.717) is 19.3 Å². The van der Waals surface area contributed by atoms with Gasteiger partial charge in [-0.05, 0) is 57.8 Å². The summed E-state index contributed by atoms with van der Waals surface area (Å²) in [4.78, 5) is 26.0. The minimum Gasteiger partial charge on any atom is -0.461 e. The van der Waals surface area contributed by atoms with Crippen molar-refractivity contribution in [1.29, 1.82) is 0 Å². The maximum Gasteiger partial charge on any atom is 0.306 e. The lowest BCUT2D eigenvalue weighted by atomic mass is 10.0. The predicted octanol–water partition coefficient (Wildman–Crippen LogP) is 15.8. The third-order valence-corrected chi connectivity index (χ3v) is 10.9. The molecule has 6 heteroatoms. The van der Waals surface area contributed by atoms with Crippen molar-refractivity contribution in [1.82, 2.24) is 5.32 Å². The smallest absolute Gasteiger partial charge is 0.306 e. The predicted molar refractivity (Wildman–Crippen MR) is 282 cm³/mol. The summed E-state index contributed by atoms with van der Waals surface area (Å²) in [6, 6.07) is -0.764. The molecule has 6 nitrogen and oxygen atoms in total. The van der Waals surface area contributed by atoms with E-state index in [0.717, 1.165) is 64.2 Å². The molecule has 3 N–H and O–H groups in total. The van der Waals surface area contributed by atoms with Crippen LogP contribution in [0.5, 0.6) is 0 Å². The molecule has 366 valence electrons. The number of allylic oxidation sites excluding steroid dienone is 21. The van der Waals surface area contributed by atoms with Crippen LogP contribution in [0.2, 0.25) is 0 Å². The Morgan fingerprint density at radius 2 is 0.892 bits per heavy atom. The highest BCUT2D eigenvalue weighted by atomic mass is 16.5. The molecule has 0 saturated heterocycles. The second kappa shape index (κ2) is 51.0. The fraction of sp³-hybridized carbons (Fsp3) is 0.593. The van der Waals surface area contributed by atoms with E-state index in [1.807, 2.05) is 66.8 Å². The van der Waals surface area contributed by atoms with Crippen LogP contribution < -0.4 is 5.32 Å². The number of aliphatic hydroxyl groups is 2. The number of hydrogen-bond acceptors (Lipinski definition) is 5. The van der Waals surface area contributed by atoms with Crippen molar-refractivity contribution in [3.05, 3.63) is 134 Å². The van der Waals surface area contributed by atoms with Crippen LogP contribution in [0, 0.1) is 0 Å². The molecule has 0 aromatic carbocycles. The number of carbonyl (C=O) groups excluding carboxylic acids is 2. The Bertz CT molecular complexity index is 1420. The largest absolute Gasteiger partial charge is 0.461 e. The number of aliphatic hydroxyl groups excluding tert-OH is 2. The molecular formula is C59H95NO5. The normalized spacial score (nSPS) is 14.4. The Hall–Kier alpha value is -4.00. The average Bonchev–Trinajstić information content (AvgIpc) is 3.30. The maximum atomic E-state index is 13.2. The molecule has 3 unspecified atom stereocenters. The lowest BCUT2D eigenvalue weighted by Gasteiger charge is -2.24. The Labute approximate surface area is 399 Å². The van der Waals surface area contributed by atoms with Crippen LogP contribution in [0.3, 0.4) is 0 Å². The highest BCUT2D eigenvalue weighted by molar-refractivity contribution is 5.77. The van der Waals surface area contributed by atoms with Gasteiger partial charge in [-0.25, -0.2) is 0 Å². The van der Waals surface area contributed by atoms with Crippen LogP contribution in [0.25, 0.3) is 0 Å². The van der Waals surface area contributed by atoms with Crippen molar-refractivity contribution >= 4 is 11.9 Å². The number of hydrogen-bond donors (Lipinski definition) is 3. The van der Waals surface area contributed by atoms with Crippen LogP contribution in [0.1, 0.15) is 201 Å². The van der Waals surface area contributed by atoms with Crippen molar-refractivity contribution in [3.8, 4) is 0 Å². The average molecular weight is 898 g/mol. The molecule has 0 aliphatic rings. The van der Waals surface area contributed by atoms with Gasteiger partial charge in [0.25, 0.3) is 0 Å². The van der Waals surface area contributed by atoms with Crippen LogP contribution in [-0.2, 0) is 14.3 Å². The molecule has 0 aliphatic carbocycles. The summed E-state index contributed by atoms with van der Waals surface area (Å²) in [6.07, 6.45) is 72.6. The standard InChI is InChI=1S/C59H95NO5/c1-4-7-10-13-16-19-22-24-26-28-29-30-32-34-37-40-43-46-49-52-59(64)65-55(50-47-44-41-38-35-21-18-15-12-9-6-3)53-58(63)60-56(54-61)57(62)51-48-45-42-39-36-33-31-27-25-23-20-17-14-11-8-5-2/h7,9-10,12,15-16,18-19,21,24,26,29-30,34-35,37-38,41,43-44,46-47,55-57,61-62H,4-6,8,11,13-14,17,20,22-23,25,27-28,31-33,36,39-40,42,45,48-54H2,1-3H3,(H,60,63)/b10-7-,12-9+,18-15+,19-16-,26-24-,30-29-,35-21-,37-34-,41-38-,46-43-,47-44+. The Morgan fingerprint density at radius 1 is 0.492 bits per heavy atom. The SMILES string of the molecule is CC/C=C\C/C=C\C/C=C\C/C=C\C/C=C\C/C=C\CCC(=O)OC(C/C=C/C=C\C=C/C=C/C=C/CC)CC(=O)NC(CO)C(O)CCCCCCCCCCCCCCCCCC. The number of rotatable bonds is 44. The first-order valence-electron chi connectivity index (χ1n) is 26.0. The third-order valence-electron chi connectivity index (χ3n) is 10.9. The zero-order chi connectivity index (χ0) is 47.4. The van der Waals surface area contributed by atoms with Crippen molar-refractivity contribution in [2.75, 3.05) is 6.61 Å². The number of unbranched alkanes of at least 4 members (excludes halogenated alkanes) is 15. The number of esters is 1. The highest BCUT2D eigenvalue weighted by Crippen LogP contribution is 2.16. The molecule has 0 bridgehead atoms. The molecule has 0 saturated carbocycles. The second-order valence-electron chi connectivity index (χ2n) is 16.9. The summed E-state index contributed by atoms with van der Waals surface area (Å²) < 4.78 is 5.79. The topological polar surface area (TPSA) is 95.9 Å². The van der Waals surface area contributed by atoms with E-state index < -0.39 is 18.2 Å². The van der Waals surface area contributed by atoms with Gasteiger partial charge in [-0.1, -0.05) is 257 Å². The van der Waals surface area contributed by atoms with E-state index in [-0.39, 0.29) is 31.3 Å². The Kier molecular flexibility index (Phi) is 47.9. The van der Waals surface area contributed by atoms with E-state index in [4.69, 9.17) is 4.74 Å². The Balaban J connectivity index is 4.74. The Morgan fingerprint density at radius 3 is 1.34 bits per heavy atom. The van der Waals surface area contributed by atoms with Crippen molar-refractivity contribution in [2.24, 2.45) is 0 Å². The van der Waals surface area contributed by atoms with E-state index >= 15 is 0 Å². The van der Waals surface area contributed by atoms with Crippen LogP contribution in [0.4, 0.5) is 0 Å². The van der Waals surface area contributed by atoms with Crippen molar-refractivity contribution in [3.63, 3.8) is 0 Å². The van der Waals surface area contributed by atoms with Crippen LogP contribution >= 0.6 is 0 Å². The summed E-state index contributed by atoms with van der Waals surface area (Å²) >= 11 is 0. The molecule has 0 spiro atoms. The van der Waals surface area contributed by atoms with Gasteiger partial charge >= 0.3 is 5.97 Å². The first-order chi connectivity index (χ1) is 32.0. The molecule has 3 atom stereocenters. The van der Waals surface area contributed by atoms with Gasteiger partial charge in [-0.3, -0.25) is 9.59 Å². The molecule has 65 heavy (non-hydrogen) atoms.